The predicted octanol–water partition coefficient (Wildman–Crippen LogP) is 1.07. The highest BCUT2D eigenvalue weighted by Gasteiger charge is 2.45. The van der Waals surface area contributed by atoms with Crippen LogP contribution in [0.25, 0.3) is 0 Å². The Morgan fingerprint density at radius 1 is 1.14 bits per heavy atom. The molecule has 7 heteroatoms. The minimum Gasteiger partial charge on any atom is -0.481 e. The third-order valence-electron chi connectivity index (χ3n) is 3.53. The summed E-state index contributed by atoms with van der Waals surface area (Å²) in [7, 11) is 0. The zero-order chi connectivity index (χ0) is 16.0. The number of aliphatic carboxylic acids is 2. The summed E-state index contributed by atoms with van der Waals surface area (Å²) in [6.07, 6.45) is 0.573. The number of carbonyl (C=O) groups is 3. The second-order valence-electron chi connectivity index (χ2n) is 5.06. The van der Waals surface area contributed by atoms with Gasteiger partial charge in [-0.25, -0.2) is 0 Å². The minimum atomic E-state index is -1.04. The van der Waals surface area contributed by atoms with E-state index in [1.165, 1.54) is 6.92 Å². The zero-order valence-electron chi connectivity index (χ0n) is 11.9. The van der Waals surface area contributed by atoms with Gasteiger partial charge in [0.05, 0.1) is 25.0 Å². The lowest BCUT2D eigenvalue weighted by molar-refractivity contribution is -0.146. The van der Waals surface area contributed by atoms with Gasteiger partial charge in [-0.1, -0.05) is 6.08 Å². The SMILES string of the molecule is C=CC[C@H]1O[C@@H](COC(C)=O)[C@H](CC(=O)O)[C@@H]1CC(=O)O. The van der Waals surface area contributed by atoms with E-state index in [0.29, 0.717) is 6.42 Å². The highest BCUT2D eigenvalue weighted by atomic mass is 16.6. The van der Waals surface area contributed by atoms with E-state index in [-0.39, 0.29) is 19.4 Å². The highest BCUT2D eigenvalue weighted by Crippen LogP contribution is 2.39. The highest BCUT2D eigenvalue weighted by molar-refractivity contribution is 5.69. The molecule has 0 spiro atoms. The van der Waals surface area contributed by atoms with Gasteiger partial charge in [-0.15, -0.1) is 6.58 Å². The van der Waals surface area contributed by atoms with E-state index in [0.717, 1.165) is 0 Å². The van der Waals surface area contributed by atoms with Gasteiger partial charge in [0.15, 0.2) is 0 Å². The zero-order valence-corrected chi connectivity index (χ0v) is 11.9. The van der Waals surface area contributed by atoms with Crippen molar-refractivity contribution in [3.8, 4) is 0 Å². The third-order valence-corrected chi connectivity index (χ3v) is 3.53. The second kappa shape index (κ2) is 7.78. The number of esters is 1. The smallest absolute Gasteiger partial charge is 0.303 e. The first-order valence-corrected chi connectivity index (χ1v) is 6.68. The summed E-state index contributed by atoms with van der Waals surface area (Å²) in [5, 5.41) is 18.0. The van der Waals surface area contributed by atoms with Crippen LogP contribution in [-0.4, -0.2) is 46.9 Å². The standard InChI is InChI=1S/C14H20O7/c1-3-4-11-9(5-13(16)17)10(6-14(18)19)12(21-11)7-20-8(2)15/h3,9-12H,1,4-7H2,2H3,(H,16,17)(H,18,19)/t9-,10+,11+,12-/m0/s1. The Labute approximate surface area is 122 Å². The Morgan fingerprint density at radius 2 is 1.67 bits per heavy atom. The molecule has 1 heterocycles. The van der Waals surface area contributed by atoms with Crippen molar-refractivity contribution in [2.75, 3.05) is 6.61 Å². The largest absolute Gasteiger partial charge is 0.481 e. The van der Waals surface area contributed by atoms with Gasteiger partial charge in [-0.2, -0.15) is 0 Å². The molecule has 1 saturated heterocycles. The predicted molar refractivity (Wildman–Crippen MR) is 71.6 cm³/mol. The monoisotopic (exact) mass is 300 g/mol. The molecule has 0 radical (unpaired) electrons. The molecule has 118 valence electrons. The molecule has 0 aromatic rings. The molecular formula is C14H20O7. The van der Waals surface area contributed by atoms with Crippen LogP contribution in [0.2, 0.25) is 0 Å². The van der Waals surface area contributed by atoms with Crippen molar-refractivity contribution in [1.29, 1.82) is 0 Å². The number of hydrogen-bond acceptors (Lipinski definition) is 5. The lowest BCUT2D eigenvalue weighted by atomic mass is 9.81. The van der Waals surface area contributed by atoms with Crippen LogP contribution in [0.4, 0.5) is 0 Å². The van der Waals surface area contributed by atoms with Gasteiger partial charge in [-0.3, -0.25) is 14.4 Å². The number of carboxylic acids is 2. The summed E-state index contributed by atoms with van der Waals surface area (Å²) in [4.78, 5) is 32.9. The van der Waals surface area contributed by atoms with Crippen LogP contribution in [0, 0.1) is 11.8 Å². The van der Waals surface area contributed by atoms with E-state index in [9.17, 15) is 14.4 Å². The van der Waals surface area contributed by atoms with Crippen LogP contribution in [0.5, 0.6) is 0 Å². The maximum atomic E-state index is 11.0. The van der Waals surface area contributed by atoms with Gasteiger partial charge in [0.1, 0.15) is 6.61 Å². The molecule has 1 aliphatic rings. The van der Waals surface area contributed by atoms with E-state index >= 15 is 0 Å². The van der Waals surface area contributed by atoms with Gasteiger partial charge in [0.25, 0.3) is 0 Å². The number of ether oxygens (including phenoxy) is 2. The van der Waals surface area contributed by atoms with E-state index < -0.39 is 42.0 Å². The topological polar surface area (TPSA) is 110 Å². The molecule has 21 heavy (non-hydrogen) atoms. The Hall–Kier alpha value is -1.89. The maximum Gasteiger partial charge on any atom is 0.303 e. The first-order valence-electron chi connectivity index (χ1n) is 6.68. The molecular weight excluding hydrogens is 280 g/mol. The fourth-order valence-corrected chi connectivity index (χ4v) is 2.70. The molecule has 0 bridgehead atoms. The molecule has 0 saturated carbocycles. The number of carboxylic acid groups (broad SMARTS) is 2. The maximum absolute atomic E-state index is 11.0. The summed E-state index contributed by atoms with van der Waals surface area (Å²) < 4.78 is 10.6. The molecule has 0 amide bonds. The van der Waals surface area contributed by atoms with Crippen LogP contribution in [0.1, 0.15) is 26.2 Å². The third kappa shape index (κ3) is 5.18. The summed E-state index contributed by atoms with van der Waals surface area (Å²) in [5.41, 5.74) is 0. The van der Waals surface area contributed by atoms with Crippen LogP contribution in [-0.2, 0) is 23.9 Å². The quantitative estimate of drug-likeness (QED) is 0.509. The minimum absolute atomic E-state index is 0.0724. The van der Waals surface area contributed by atoms with Crippen molar-refractivity contribution < 1.29 is 34.1 Å². The van der Waals surface area contributed by atoms with Crippen molar-refractivity contribution in [3.63, 3.8) is 0 Å². The summed E-state index contributed by atoms with van der Waals surface area (Å²) in [5.74, 6) is -3.50. The van der Waals surface area contributed by atoms with Gasteiger partial charge >= 0.3 is 17.9 Å². The molecule has 0 aliphatic carbocycles. The van der Waals surface area contributed by atoms with Crippen LogP contribution in [0.3, 0.4) is 0 Å². The molecule has 7 nitrogen and oxygen atoms in total. The second-order valence-corrected chi connectivity index (χ2v) is 5.06. The van der Waals surface area contributed by atoms with Crippen molar-refractivity contribution >= 4 is 17.9 Å². The molecule has 4 atom stereocenters. The van der Waals surface area contributed by atoms with E-state index in [1.807, 2.05) is 0 Å². The first kappa shape index (κ1) is 17.2. The van der Waals surface area contributed by atoms with Gasteiger partial charge in [0, 0.05) is 18.8 Å². The summed E-state index contributed by atoms with van der Waals surface area (Å²) in [6.45, 7) is 4.77. The van der Waals surface area contributed by atoms with E-state index in [1.54, 1.807) is 6.08 Å². The Bertz CT molecular complexity index is 418. The lowest BCUT2D eigenvalue weighted by Gasteiger charge is -2.21. The average Bonchev–Trinajstić information content (AvgIpc) is 2.65. The first-order chi connectivity index (χ1) is 9.85. The molecule has 0 unspecified atom stereocenters. The van der Waals surface area contributed by atoms with Crippen LogP contribution >= 0.6 is 0 Å². The van der Waals surface area contributed by atoms with Gasteiger partial charge < -0.3 is 19.7 Å². The molecule has 1 fully saturated rings. The van der Waals surface area contributed by atoms with Crippen molar-refractivity contribution in [1.82, 2.24) is 0 Å². The van der Waals surface area contributed by atoms with Crippen LogP contribution < -0.4 is 0 Å². The molecule has 0 aromatic heterocycles. The fourth-order valence-electron chi connectivity index (χ4n) is 2.70. The number of carbonyl (C=O) groups excluding carboxylic acids is 1. The lowest BCUT2D eigenvalue weighted by Crippen LogP contribution is -2.29. The summed E-state index contributed by atoms with van der Waals surface area (Å²) in [6, 6.07) is 0. The number of rotatable bonds is 8. The van der Waals surface area contributed by atoms with Gasteiger partial charge in [-0.05, 0) is 6.42 Å². The van der Waals surface area contributed by atoms with Crippen LogP contribution in [0.15, 0.2) is 12.7 Å². The van der Waals surface area contributed by atoms with E-state index in [4.69, 9.17) is 19.7 Å². The van der Waals surface area contributed by atoms with E-state index in [2.05, 4.69) is 6.58 Å². The van der Waals surface area contributed by atoms with Crippen molar-refractivity contribution in [3.05, 3.63) is 12.7 Å². The Balaban J connectivity index is 2.89. The molecule has 2 N–H and O–H groups in total. The summed E-state index contributed by atoms with van der Waals surface area (Å²) >= 11 is 0. The van der Waals surface area contributed by atoms with Gasteiger partial charge in [0.2, 0.25) is 0 Å². The van der Waals surface area contributed by atoms with Crippen molar-refractivity contribution in [2.24, 2.45) is 11.8 Å². The normalized spacial score (nSPS) is 28.0. The molecule has 0 aromatic carbocycles. The Kier molecular flexibility index (Phi) is 6.36. The average molecular weight is 300 g/mol. The Morgan fingerprint density at radius 3 is 2.10 bits per heavy atom. The fraction of sp³-hybridized carbons (Fsp3) is 0.643. The molecule has 1 rings (SSSR count). The van der Waals surface area contributed by atoms with Crippen molar-refractivity contribution in [2.45, 2.75) is 38.4 Å². The molecule has 1 aliphatic heterocycles. The number of hydrogen-bond donors (Lipinski definition) is 2.